The maximum atomic E-state index is 13.1. The Bertz CT molecular complexity index is 989. The van der Waals surface area contributed by atoms with Crippen molar-refractivity contribution >= 4 is 27.3 Å². The number of hydrogen-bond acceptors (Lipinski definition) is 5. The Kier molecular flexibility index (Phi) is 6.64. The third-order valence-electron chi connectivity index (χ3n) is 4.37. The molecule has 2 aromatic rings. The molecule has 1 saturated heterocycles. The van der Waals surface area contributed by atoms with Crippen LogP contribution in [0.3, 0.4) is 0 Å². The van der Waals surface area contributed by atoms with E-state index in [2.05, 4.69) is 10.0 Å². The van der Waals surface area contributed by atoms with Gasteiger partial charge in [0.05, 0.1) is 30.2 Å². The number of halogens is 3. The Morgan fingerprint density at radius 3 is 2.23 bits per heavy atom. The number of nitrogens with one attached hydrogen (secondary N) is 2. The second kappa shape index (κ2) is 9.02. The number of alkyl halides is 3. The lowest BCUT2D eigenvalue weighted by Gasteiger charge is -2.25. The van der Waals surface area contributed by atoms with Crippen LogP contribution < -0.4 is 10.0 Å². The van der Waals surface area contributed by atoms with Crippen LogP contribution in [0.4, 0.5) is 24.5 Å². The Balaban J connectivity index is 1.66. The van der Waals surface area contributed by atoms with Gasteiger partial charge in [-0.05, 0) is 36.4 Å². The summed E-state index contributed by atoms with van der Waals surface area (Å²) in [6.45, 7) is 2.66. The first-order valence-electron chi connectivity index (χ1n) is 9.04. The van der Waals surface area contributed by atoms with E-state index in [1.54, 1.807) is 0 Å². The van der Waals surface area contributed by atoms with Gasteiger partial charge in [0.15, 0.2) is 0 Å². The van der Waals surface area contributed by atoms with Gasteiger partial charge in [-0.15, -0.1) is 0 Å². The average molecular weight is 443 g/mol. The van der Waals surface area contributed by atoms with Crippen LogP contribution in [0.1, 0.15) is 5.56 Å². The molecule has 30 heavy (non-hydrogen) atoms. The van der Waals surface area contributed by atoms with Gasteiger partial charge in [-0.3, -0.25) is 14.4 Å². The topological polar surface area (TPSA) is 87.7 Å². The second-order valence-electron chi connectivity index (χ2n) is 6.61. The zero-order valence-corrected chi connectivity index (χ0v) is 16.6. The number of benzene rings is 2. The van der Waals surface area contributed by atoms with Crippen molar-refractivity contribution in [3.8, 4) is 0 Å². The summed E-state index contributed by atoms with van der Waals surface area (Å²) in [6, 6.07) is 9.59. The number of carbonyl (C=O) groups excluding carboxylic acids is 1. The molecule has 0 unspecified atom stereocenters. The summed E-state index contributed by atoms with van der Waals surface area (Å²) in [6.07, 6.45) is -4.81. The van der Waals surface area contributed by atoms with Gasteiger partial charge in [-0.2, -0.15) is 13.2 Å². The molecule has 0 saturated carbocycles. The zero-order valence-electron chi connectivity index (χ0n) is 15.8. The lowest BCUT2D eigenvalue weighted by Crippen LogP contribution is -2.41. The standard InChI is InChI=1S/C19H20F3N3O4S/c20-19(21,22)16-3-1-2-4-17(16)30(27,28)24-15-7-5-14(6-8-15)23-18(26)13-25-9-11-29-12-10-25/h1-8,24H,9-13H2,(H,23,26). The number of anilines is 2. The predicted molar refractivity (Wildman–Crippen MR) is 105 cm³/mol. The van der Waals surface area contributed by atoms with E-state index in [0.29, 0.717) is 38.1 Å². The van der Waals surface area contributed by atoms with Crippen LogP contribution >= 0.6 is 0 Å². The Morgan fingerprint density at radius 2 is 1.60 bits per heavy atom. The first-order valence-corrected chi connectivity index (χ1v) is 10.5. The lowest BCUT2D eigenvalue weighted by molar-refractivity contribution is -0.139. The highest BCUT2D eigenvalue weighted by Crippen LogP contribution is 2.34. The molecule has 0 bridgehead atoms. The van der Waals surface area contributed by atoms with Gasteiger partial charge in [0.2, 0.25) is 5.91 Å². The maximum absolute atomic E-state index is 13.1. The van der Waals surface area contributed by atoms with Crippen molar-refractivity contribution in [3.05, 3.63) is 54.1 Å². The molecule has 11 heteroatoms. The third-order valence-corrected chi connectivity index (χ3v) is 5.81. The summed E-state index contributed by atoms with van der Waals surface area (Å²) in [7, 11) is -4.46. The average Bonchev–Trinajstić information content (AvgIpc) is 2.69. The molecule has 0 radical (unpaired) electrons. The normalized spacial score (nSPS) is 15.6. The molecule has 1 aliphatic rings. The van der Waals surface area contributed by atoms with Gasteiger partial charge >= 0.3 is 6.18 Å². The molecule has 1 fully saturated rings. The second-order valence-corrected chi connectivity index (χ2v) is 8.26. The van der Waals surface area contributed by atoms with E-state index in [1.807, 2.05) is 4.90 Å². The number of rotatable bonds is 6. The van der Waals surface area contributed by atoms with Crippen molar-refractivity contribution in [3.63, 3.8) is 0 Å². The lowest BCUT2D eigenvalue weighted by atomic mass is 10.2. The largest absolute Gasteiger partial charge is 0.417 e. The minimum absolute atomic E-state index is 0.0677. The Hall–Kier alpha value is -2.63. The van der Waals surface area contributed by atoms with E-state index in [4.69, 9.17) is 4.74 Å². The van der Waals surface area contributed by atoms with E-state index >= 15 is 0 Å². The van der Waals surface area contributed by atoms with Crippen LogP contribution in [0.15, 0.2) is 53.4 Å². The molecule has 0 aliphatic carbocycles. The summed E-state index contributed by atoms with van der Waals surface area (Å²) < 4.78 is 71.6. The molecular weight excluding hydrogens is 423 g/mol. The van der Waals surface area contributed by atoms with E-state index in [9.17, 15) is 26.4 Å². The van der Waals surface area contributed by atoms with Crippen molar-refractivity contribution in [2.24, 2.45) is 0 Å². The van der Waals surface area contributed by atoms with Gasteiger partial charge < -0.3 is 10.1 Å². The molecule has 1 amide bonds. The molecule has 1 heterocycles. The van der Waals surface area contributed by atoms with Crippen LogP contribution in [0.25, 0.3) is 0 Å². The van der Waals surface area contributed by atoms with Gasteiger partial charge in [-0.1, -0.05) is 12.1 Å². The first-order chi connectivity index (χ1) is 14.1. The third kappa shape index (κ3) is 5.71. The fourth-order valence-electron chi connectivity index (χ4n) is 2.93. The van der Waals surface area contributed by atoms with Crippen LogP contribution in [0, 0.1) is 0 Å². The quantitative estimate of drug-likeness (QED) is 0.717. The highest BCUT2D eigenvalue weighted by molar-refractivity contribution is 7.92. The van der Waals surface area contributed by atoms with Gasteiger partial charge in [-0.25, -0.2) is 8.42 Å². The smallest absolute Gasteiger partial charge is 0.379 e. The molecule has 0 spiro atoms. The number of carbonyl (C=O) groups is 1. The Labute approximate surface area is 171 Å². The highest BCUT2D eigenvalue weighted by atomic mass is 32.2. The minimum atomic E-state index is -4.81. The fourth-order valence-corrected chi connectivity index (χ4v) is 4.22. The van der Waals surface area contributed by atoms with Gasteiger partial charge in [0, 0.05) is 24.5 Å². The SMILES string of the molecule is O=C(CN1CCOCC1)Nc1ccc(NS(=O)(=O)c2ccccc2C(F)(F)F)cc1. The highest BCUT2D eigenvalue weighted by Gasteiger charge is 2.36. The molecule has 3 rings (SSSR count). The number of amides is 1. The number of hydrogen-bond donors (Lipinski definition) is 2. The van der Waals surface area contributed by atoms with E-state index in [-0.39, 0.29) is 18.1 Å². The van der Waals surface area contributed by atoms with Gasteiger partial charge in [0.25, 0.3) is 10.0 Å². The molecule has 0 aromatic heterocycles. The van der Waals surface area contributed by atoms with Crippen molar-refractivity contribution in [1.29, 1.82) is 0 Å². The molecule has 162 valence electrons. The molecule has 1 aliphatic heterocycles. The molecule has 0 atom stereocenters. The monoisotopic (exact) mass is 443 g/mol. The zero-order chi connectivity index (χ0) is 21.8. The van der Waals surface area contributed by atoms with Crippen LogP contribution in [0.5, 0.6) is 0 Å². The predicted octanol–water partition coefficient (Wildman–Crippen LogP) is 2.78. The van der Waals surface area contributed by atoms with E-state index in [1.165, 1.54) is 30.3 Å². The number of sulfonamides is 1. The fraction of sp³-hybridized carbons (Fsp3) is 0.316. The van der Waals surface area contributed by atoms with E-state index < -0.39 is 26.7 Å². The minimum Gasteiger partial charge on any atom is -0.379 e. The van der Waals surface area contributed by atoms with Crippen molar-refractivity contribution in [2.75, 3.05) is 42.9 Å². The number of nitrogens with zero attached hydrogens (tertiary/aromatic N) is 1. The summed E-state index contributed by atoms with van der Waals surface area (Å²) in [5, 5.41) is 2.69. The van der Waals surface area contributed by atoms with Crippen molar-refractivity contribution in [2.45, 2.75) is 11.1 Å². The van der Waals surface area contributed by atoms with Crippen molar-refractivity contribution < 1.29 is 31.1 Å². The Morgan fingerprint density at radius 1 is 1.00 bits per heavy atom. The first kappa shape index (κ1) is 22.1. The summed E-state index contributed by atoms with van der Waals surface area (Å²) in [5.41, 5.74) is -0.741. The van der Waals surface area contributed by atoms with Gasteiger partial charge in [0.1, 0.15) is 0 Å². The molecule has 2 N–H and O–H groups in total. The summed E-state index contributed by atoms with van der Waals surface area (Å²) >= 11 is 0. The molecular formula is C19H20F3N3O4S. The summed E-state index contributed by atoms with van der Waals surface area (Å²) in [4.78, 5) is 13.2. The summed E-state index contributed by atoms with van der Waals surface area (Å²) in [5.74, 6) is -0.232. The van der Waals surface area contributed by atoms with Crippen LogP contribution in [-0.4, -0.2) is 52.1 Å². The molecule has 2 aromatic carbocycles. The maximum Gasteiger partial charge on any atom is 0.417 e. The number of ether oxygens (including phenoxy) is 1. The van der Waals surface area contributed by atoms with Crippen molar-refractivity contribution in [1.82, 2.24) is 4.90 Å². The van der Waals surface area contributed by atoms with Crippen LogP contribution in [-0.2, 0) is 25.7 Å². The molecule has 7 nitrogen and oxygen atoms in total. The van der Waals surface area contributed by atoms with E-state index in [0.717, 1.165) is 12.1 Å². The number of morpholine rings is 1. The van der Waals surface area contributed by atoms with Crippen LogP contribution in [0.2, 0.25) is 0 Å².